The molecule has 0 saturated carbocycles. The van der Waals surface area contributed by atoms with Crippen LogP contribution < -0.4 is 4.74 Å². The Balaban J connectivity index is 1.95. The number of nitrogens with zero attached hydrogens (tertiary/aromatic N) is 1. The van der Waals surface area contributed by atoms with Crippen LogP contribution in [0.3, 0.4) is 0 Å². The van der Waals surface area contributed by atoms with Gasteiger partial charge in [0.15, 0.2) is 0 Å². The molecule has 0 heterocycles. The third-order valence-corrected chi connectivity index (χ3v) is 5.41. The molecule has 5 heteroatoms. The third-order valence-electron chi connectivity index (χ3n) is 5.41. The van der Waals surface area contributed by atoms with E-state index in [-0.39, 0.29) is 0 Å². The van der Waals surface area contributed by atoms with Crippen LogP contribution in [0.2, 0.25) is 0 Å². The molecule has 0 spiro atoms. The van der Waals surface area contributed by atoms with Crippen molar-refractivity contribution in [3.05, 3.63) is 65.2 Å². The van der Waals surface area contributed by atoms with Crippen LogP contribution in [0.25, 0.3) is 12.2 Å². The van der Waals surface area contributed by atoms with E-state index in [1.807, 2.05) is 24.3 Å². The summed E-state index contributed by atoms with van der Waals surface area (Å²) in [6, 6.07) is 12.9. The highest BCUT2D eigenvalue weighted by Gasteiger charge is 2.30. The Morgan fingerprint density at radius 2 is 1.46 bits per heavy atom. The number of likely N-dealkylation sites (N-methyl/N-ethyl adjacent to an activating group) is 1. The van der Waals surface area contributed by atoms with Crippen molar-refractivity contribution in [1.29, 1.82) is 0 Å². The van der Waals surface area contributed by atoms with Crippen LogP contribution in [0.5, 0.6) is 5.75 Å². The quantitative estimate of drug-likeness (QED) is 0.368. The van der Waals surface area contributed by atoms with Crippen LogP contribution in [-0.4, -0.2) is 37.3 Å². The number of hydrogen-bond acceptors (Lipinski definition) is 1. The summed E-state index contributed by atoms with van der Waals surface area (Å²) in [6.45, 7) is 11.5. The van der Waals surface area contributed by atoms with Gasteiger partial charge in [0.05, 0.1) is 25.2 Å². The lowest BCUT2D eigenvalue weighted by atomic mass is 10.1. The number of rotatable bonds is 9. The van der Waals surface area contributed by atoms with E-state index in [0.29, 0.717) is 12.2 Å². The van der Waals surface area contributed by atoms with Crippen LogP contribution in [0.4, 0.5) is 13.2 Å². The van der Waals surface area contributed by atoms with Gasteiger partial charge in [-0.3, -0.25) is 0 Å². The highest BCUT2D eigenvalue weighted by atomic mass is 19.4. The Hall–Kier alpha value is -2.27. The summed E-state index contributed by atoms with van der Waals surface area (Å²) in [7, 11) is 0. The highest BCUT2D eigenvalue weighted by Crippen LogP contribution is 2.29. The molecule has 0 N–H and O–H groups in total. The molecule has 152 valence electrons. The smallest absolute Gasteiger partial charge is 0.416 e. The van der Waals surface area contributed by atoms with Crippen molar-refractivity contribution in [3.8, 4) is 5.75 Å². The first-order chi connectivity index (χ1) is 13.3. The molecule has 0 aliphatic heterocycles. The predicted octanol–water partition coefficient (Wildman–Crippen LogP) is 6.13. The van der Waals surface area contributed by atoms with Gasteiger partial charge in [-0.25, -0.2) is 0 Å². The molecular weight excluding hydrogens is 363 g/mol. The Kier molecular flexibility index (Phi) is 7.69. The van der Waals surface area contributed by atoms with Crippen molar-refractivity contribution in [1.82, 2.24) is 0 Å². The maximum atomic E-state index is 12.8. The summed E-state index contributed by atoms with van der Waals surface area (Å²) in [5, 5.41) is 0. The molecule has 0 aliphatic carbocycles. The van der Waals surface area contributed by atoms with Gasteiger partial charge in [0.25, 0.3) is 0 Å². The van der Waals surface area contributed by atoms with E-state index < -0.39 is 11.7 Å². The molecular formula is C23H29F3NO+. The Labute approximate surface area is 165 Å². The molecule has 0 radical (unpaired) electrons. The number of alkyl halides is 3. The van der Waals surface area contributed by atoms with Crippen molar-refractivity contribution in [2.75, 3.05) is 32.8 Å². The normalized spacial score (nSPS) is 12.5. The van der Waals surface area contributed by atoms with E-state index in [1.165, 1.54) is 6.07 Å². The maximum Gasteiger partial charge on any atom is 0.416 e. The Morgan fingerprint density at radius 3 is 2.04 bits per heavy atom. The molecule has 2 nitrogen and oxygen atoms in total. The van der Waals surface area contributed by atoms with Gasteiger partial charge in [-0.05, 0) is 56.2 Å². The lowest BCUT2D eigenvalue weighted by molar-refractivity contribution is -0.923. The lowest BCUT2D eigenvalue weighted by Crippen LogP contribution is -2.49. The van der Waals surface area contributed by atoms with E-state index >= 15 is 0 Å². The van der Waals surface area contributed by atoms with Gasteiger partial charge in [-0.2, -0.15) is 13.2 Å². The molecule has 0 fully saturated rings. The summed E-state index contributed by atoms with van der Waals surface area (Å²) in [4.78, 5) is 0. The second-order valence-electron chi connectivity index (χ2n) is 6.89. The zero-order chi connectivity index (χ0) is 20.6. The largest absolute Gasteiger partial charge is 0.488 e. The van der Waals surface area contributed by atoms with Crippen molar-refractivity contribution in [3.63, 3.8) is 0 Å². The lowest BCUT2D eigenvalue weighted by Gasteiger charge is -2.35. The van der Waals surface area contributed by atoms with Crippen LogP contribution >= 0.6 is 0 Å². The molecule has 0 unspecified atom stereocenters. The van der Waals surface area contributed by atoms with Gasteiger partial charge in [0.2, 0.25) is 0 Å². The van der Waals surface area contributed by atoms with Crippen LogP contribution in [-0.2, 0) is 6.18 Å². The third kappa shape index (κ3) is 6.13. The first-order valence-corrected chi connectivity index (χ1v) is 9.75. The van der Waals surface area contributed by atoms with Gasteiger partial charge in [0, 0.05) is 0 Å². The van der Waals surface area contributed by atoms with Crippen molar-refractivity contribution in [2.45, 2.75) is 26.9 Å². The molecule has 2 aromatic rings. The van der Waals surface area contributed by atoms with Gasteiger partial charge >= 0.3 is 6.18 Å². The molecule has 28 heavy (non-hydrogen) atoms. The van der Waals surface area contributed by atoms with E-state index in [2.05, 4.69) is 20.8 Å². The van der Waals surface area contributed by atoms with E-state index in [0.717, 1.165) is 54.1 Å². The minimum absolute atomic E-state index is 0.517. The highest BCUT2D eigenvalue weighted by molar-refractivity contribution is 5.70. The summed E-state index contributed by atoms with van der Waals surface area (Å²) in [5.41, 5.74) is 0.785. The predicted molar refractivity (Wildman–Crippen MR) is 109 cm³/mol. The fourth-order valence-corrected chi connectivity index (χ4v) is 3.19. The minimum Gasteiger partial charge on any atom is -0.488 e. The van der Waals surface area contributed by atoms with Crippen LogP contribution in [0.15, 0.2) is 48.5 Å². The molecule has 0 aliphatic rings. The number of ether oxygens (including phenoxy) is 1. The first kappa shape index (κ1) is 22.0. The second kappa shape index (κ2) is 9.78. The van der Waals surface area contributed by atoms with Gasteiger partial charge in [-0.15, -0.1) is 0 Å². The maximum absolute atomic E-state index is 12.8. The fraction of sp³-hybridized carbons (Fsp3) is 0.391. The zero-order valence-electron chi connectivity index (χ0n) is 16.8. The van der Waals surface area contributed by atoms with Crippen molar-refractivity contribution in [2.24, 2.45) is 0 Å². The van der Waals surface area contributed by atoms with Gasteiger partial charge < -0.3 is 9.22 Å². The molecule has 0 bridgehead atoms. The second-order valence-corrected chi connectivity index (χ2v) is 6.89. The summed E-state index contributed by atoms with van der Waals surface area (Å²) < 4.78 is 45.3. The standard InChI is InChI=1S/C23H29F3NO/c1-4-27(5-2,6-3)16-17-28-22-14-12-19(13-15-22)10-11-20-8-7-9-21(18-20)23(24,25)26/h7-15,18H,4-6,16-17H2,1-3H3/q+1/b11-10+. The van der Waals surface area contributed by atoms with Crippen molar-refractivity contribution >= 4 is 12.2 Å². The van der Waals surface area contributed by atoms with E-state index in [1.54, 1.807) is 18.2 Å². The van der Waals surface area contributed by atoms with Crippen LogP contribution in [0, 0.1) is 0 Å². The SMILES string of the molecule is CC[N+](CC)(CC)CCOc1ccc(/C=C/c2cccc(C(F)(F)F)c2)cc1. The Morgan fingerprint density at radius 1 is 0.857 bits per heavy atom. The monoisotopic (exact) mass is 392 g/mol. The van der Waals surface area contributed by atoms with E-state index in [9.17, 15) is 13.2 Å². The van der Waals surface area contributed by atoms with Gasteiger partial charge in [-0.1, -0.05) is 36.4 Å². The Bertz CT molecular complexity index is 754. The average Bonchev–Trinajstić information content (AvgIpc) is 2.70. The summed E-state index contributed by atoms with van der Waals surface area (Å²) in [6.07, 6.45) is -0.848. The number of quaternary nitrogens is 1. The zero-order valence-corrected chi connectivity index (χ0v) is 16.8. The summed E-state index contributed by atoms with van der Waals surface area (Å²) in [5.74, 6) is 0.803. The minimum atomic E-state index is -4.33. The first-order valence-electron chi connectivity index (χ1n) is 9.75. The number of halogens is 3. The van der Waals surface area contributed by atoms with Gasteiger partial charge in [0.1, 0.15) is 18.9 Å². The number of hydrogen-bond donors (Lipinski definition) is 0. The molecule has 0 amide bonds. The molecule has 2 rings (SSSR count). The topological polar surface area (TPSA) is 9.23 Å². The summed E-state index contributed by atoms with van der Waals surface area (Å²) >= 11 is 0. The van der Waals surface area contributed by atoms with E-state index in [4.69, 9.17) is 4.74 Å². The number of benzene rings is 2. The molecule has 0 atom stereocenters. The molecule has 0 aromatic heterocycles. The van der Waals surface area contributed by atoms with Crippen molar-refractivity contribution < 1.29 is 22.4 Å². The van der Waals surface area contributed by atoms with Crippen LogP contribution in [0.1, 0.15) is 37.5 Å². The average molecular weight is 392 g/mol. The molecule has 2 aromatic carbocycles. The fourth-order valence-electron chi connectivity index (χ4n) is 3.19. The molecule has 0 saturated heterocycles.